The van der Waals surface area contributed by atoms with Crippen molar-refractivity contribution < 1.29 is 37.0 Å². The van der Waals surface area contributed by atoms with Gasteiger partial charge in [0.15, 0.2) is 5.78 Å². The molecule has 72 heavy (non-hydrogen) atoms. The Hall–Kier alpha value is -2.64. The number of likely N-dealkylation sites (tertiary alicyclic amines) is 2. The monoisotopic (exact) mass is 1000 g/mol. The summed E-state index contributed by atoms with van der Waals surface area (Å²) in [6.07, 6.45) is 16.6. The van der Waals surface area contributed by atoms with Gasteiger partial charge in [0.25, 0.3) is 0 Å². The van der Waals surface area contributed by atoms with Crippen LogP contribution in [0.4, 0.5) is 13.2 Å². The number of alkyl halides is 3. The third-order valence-electron chi connectivity index (χ3n) is 23.3. The quantitative estimate of drug-likeness (QED) is 0.262. The smallest absolute Gasteiger partial charge is 0.365 e. The highest BCUT2D eigenvalue weighted by Gasteiger charge is 2.64. The van der Waals surface area contributed by atoms with Crippen LogP contribution in [0, 0.1) is 70.0 Å². The zero-order chi connectivity index (χ0) is 51.0. The number of carbonyl (C=O) groups is 3. The number of piperidine rings is 2. The molecule has 18 atom stereocenters. The Balaban J connectivity index is 0.000000158. The second-order valence-electron chi connectivity index (χ2n) is 26.6. The van der Waals surface area contributed by atoms with E-state index in [0.717, 1.165) is 95.8 Å². The van der Waals surface area contributed by atoms with Crippen LogP contribution in [0.25, 0.3) is 0 Å². The third-order valence-corrected chi connectivity index (χ3v) is 23.3. The van der Waals surface area contributed by atoms with Gasteiger partial charge in [0.1, 0.15) is 5.78 Å². The lowest BCUT2D eigenvalue weighted by molar-refractivity contribution is -0.173. The molecule has 0 radical (unpaired) electrons. The molecular weight excluding hydrogens is 914 g/mol. The zero-order valence-corrected chi connectivity index (χ0v) is 44.9. The summed E-state index contributed by atoms with van der Waals surface area (Å²) in [5, 5.41) is 2.07. The van der Waals surface area contributed by atoms with E-state index < -0.39 is 12.1 Å². The molecule has 12 rings (SSSR count). The van der Waals surface area contributed by atoms with Gasteiger partial charge in [-0.2, -0.15) is 13.2 Å². The van der Waals surface area contributed by atoms with Crippen molar-refractivity contribution in [1.82, 2.24) is 15.1 Å². The lowest BCUT2D eigenvalue weighted by atomic mass is 9.56. The first-order valence-electron chi connectivity index (χ1n) is 28.9. The molecule has 9 nitrogen and oxygen atoms in total. The number of hydrogen-bond acceptors (Lipinski definition) is 8. The number of halogens is 3. The highest BCUT2D eigenvalue weighted by molar-refractivity contribution is 5.91. The summed E-state index contributed by atoms with van der Waals surface area (Å²) in [5.74, 6) is 4.75. The molecule has 1 amide bonds. The summed E-state index contributed by atoms with van der Waals surface area (Å²) in [7, 11) is 0. The summed E-state index contributed by atoms with van der Waals surface area (Å²) in [6.45, 7) is 23.0. The molecule has 2 spiro atoms. The maximum Gasteiger partial charge on any atom is 0.471 e. The van der Waals surface area contributed by atoms with E-state index in [-0.39, 0.29) is 46.6 Å². The number of rotatable bonds is 5. The van der Waals surface area contributed by atoms with Crippen LogP contribution < -0.4 is 11.1 Å². The number of hydrogen-bond donors (Lipinski definition) is 2. The van der Waals surface area contributed by atoms with Gasteiger partial charge >= 0.3 is 12.1 Å². The van der Waals surface area contributed by atoms with E-state index in [1.54, 1.807) is 16.7 Å². The fourth-order valence-corrected chi connectivity index (χ4v) is 19.8. The lowest BCUT2D eigenvalue weighted by Crippen LogP contribution is -2.54. The molecule has 4 aliphatic heterocycles. The molecular formula is C60H87F3N4O5. The van der Waals surface area contributed by atoms with Crippen molar-refractivity contribution in [2.45, 2.75) is 200 Å². The van der Waals surface area contributed by atoms with Crippen LogP contribution in [-0.2, 0) is 23.9 Å². The second kappa shape index (κ2) is 18.5. The average molecular weight is 1000 g/mol. The van der Waals surface area contributed by atoms with Crippen molar-refractivity contribution in [2.75, 3.05) is 39.3 Å². The van der Waals surface area contributed by atoms with E-state index in [1.165, 1.54) is 48.8 Å². The van der Waals surface area contributed by atoms with Crippen molar-refractivity contribution >= 4 is 17.5 Å². The van der Waals surface area contributed by atoms with E-state index in [1.807, 2.05) is 6.08 Å². The van der Waals surface area contributed by atoms with Crippen molar-refractivity contribution in [3.63, 3.8) is 0 Å². The number of Topliss-reactive ketones (excluding diaryl/α,β-unsaturated/α-hetero) is 1. The van der Waals surface area contributed by atoms with Crippen molar-refractivity contribution in [2.24, 2.45) is 75.7 Å². The predicted octanol–water partition coefficient (Wildman–Crippen LogP) is 10.5. The molecule has 4 heterocycles. The first-order chi connectivity index (χ1) is 34.1. The maximum absolute atomic E-state index is 12.7. The number of allylic oxidation sites excluding steroid dienone is 6. The van der Waals surface area contributed by atoms with Crippen LogP contribution in [-0.4, -0.2) is 108 Å². The van der Waals surface area contributed by atoms with Gasteiger partial charge in [-0.25, -0.2) is 0 Å². The summed E-state index contributed by atoms with van der Waals surface area (Å²) < 4.78 is 52.4. The summed E-state index contributed by atoms with van der Waals surface area (Å²) in [5.41, 5.74) is 15.2. The minimum atomic E-state index is -4.85. The molecule has 0 aromatic carbocycles. The van der Waals surface area contributed by atoms with Gasteiger partial charge in [0, 0.05) is 82.5 Å². The van der Waals surface area contributed by atoms with Gasteiger partial charge in [0.2, 0.25) is 0 Å². The number of nitrogens with one attached hydrogen (secondary N) is 1. The number of carbonyl (C=O) groups excluding carboxylic acids is 3. The first-order valence-corrected chi connectivity index (χ1v) is 28.9. The molecule has 4 saturated carbocycles. The fraction of sp³-hybridized carbons (Fsp3) is 0.817. The van der Waals surface area contributed by atoms with Gasteiger partial charge < -0.3 is 20.5 Å². The zero-order valence-electron chi connectivity index (χ0n) is 44.9. The molecule has 3 N–H and O–H groups in total. The molecule has 8 fully saturated rings. The molecule has 0 aromatic rings. The van der Waals surface area contributed by atoms with Gasteiger partial charge in [-0.3, -0.25) is 24.2 Å². The number of ketones is 2. The van der Waals surface area contributed by atoms with Gasteiger partial charge in [0.05, 0.1) is 23.4 Å². The van der Waals surface area contributed by atoms with Crippen LogP contribution in [0.1, 0.15) is 158 Å². The molecule has 8 aliphatic carbocycles. The molecule has 398 valence electrons. The topological polar surface area (TPSA) is 114 Å². The Morgan fingerprint density at radius 1 is 0.750 bits per heavy atom. The summed E-state index contributed by atoms with van der Waals surface area (Å²) in [6, 6.07) is 0.645. The summed E-state index contributed by atoms with van der Waals surface area (Å²) >= 11 is 0. The van der Waals surface area contributed by atoms with Crippen molar-refractivity contribution in [1.29, 1.82) is 0 Å². The van der Waals surface area contributed by atoms with Crippen molar-refractivity contribution in [3.8, 4) is 0 Å². The van der Waals surface area contributed by atoms with Gasteiger partial charge in [-0.1, -0.05) is 69.9 Å². The van der Waals surface area contributed by atoms with Crippen LogP contribution in [0.3, 0.4) is 0 Å². The minimum Gasteiger partial charge on any atom is -0.365 e. The predicted molar refractivity (Wildman–Crippen MR) is 273 cm³/mol. The molecule has 12 aliphatic rings. The minimum absolute atomic E-state index is 0.0179. The number of nitrogens with two attached hydrogens (primary N) is 1. The van der Waals surface area contributed by atoms with Crippen LogP contribution in [0.15, 0.2) is 45.6 Å². The molecule has 4 saturated heterocycles. The van der Waals surface area contributed by atoms with Crippen LogP contribution in [0.2, 0.25) is 0 Å². The normalized spacial score (nSPS) is 46.6. The largest absolute Gasteiger partial charge is 0.471 e. The van der Waals surface area contributed by atoms with E-state index >= 15 is 0 Å². The lowest BCUT2D eigenvalue weighted by Gasteiger charge is -2.48. The third kappa shape index (κ3) is 8.02. The van der Waals surface area contributed by atoms with Gasteiger partial charge in [-0.15, -0.1) is 0 Å². The Morgan fingerprint density at radius 3 is 1.88 bits per heavy atom. The summed E-state index contributed by atoms with van der Waals surface area (Å²) in [4.78, 5) is 40.7. The Morgan fingerprint density at radius 2 is 1.29 bits per heavy atom. The molecule has 0 bridgehead atoms. The van der Waals surface area contributed by atoms with E-state index in [2.05, 4.69) is 76.6 Å². The van der Waals surface area contributed by atoms with Gasteiger partial charge in [-0.05, 0) is 173 Å². The van der Waals surface area contributed by atoms with E-state index in [9.17, 15) is 27.6 Å². The molecule has 0 aromatic heterocycles. The Labute approximate surface area is 428 Å². The van der Waals surface area contributed by atoms with Crippen LogP contribution in [0.5, 0.6) is 0 Å². The average Bonchev–Trinajstić information content (AvgIpc) is 4.06. The van der Waals surface area contributed by atoms with E-state index in [4.69, 9.17) is 15.2 Å². The second-order valence-corrected chi connectivity index (χ2v) is 26.6. The number of fused-ring (bicyclic) bond motifs is 12. The number of ether oxygens (including phenoxy) is 2. The Kier molecular flexibility index (Phi) is 13.2. The van der Waals surface area contributed by atoms with Crippen molar-refractivity contribution in [3.05, 3.63) is 45.6 Å². The van der Waals surface area contributed by atoms with Crippen LogP contribution >= 0.6 is 0 Å². The Bertz CT molecular complexity index is 2340. The fourth-order valence-electron chi connectivity index (χ4n) is 19.8. The number of nitrogens with zero attached hydrogens (tertiary/aromatic N) is 2. The standard InChI is InChI=1S/C31H43F3N2O3.C29H44N2O2/c1-17-13-26-27(36(16-17)12-11-35-28(38)31(32,33)34)19(3)30(39-26)10-8-22-23-6-5-20-14-21(37)7-9-29(20,4)25(23)15-24(22)18(30)2;1-17-13-26-27(31(16-17)12-11-30)19(3)29(33-26)10-8-22-23-6-5-20-14-21(32)7-9-28(20,4)25(23)15-24(22)18(29)2/h5,17,19,22-23,25-27H,6-16H2,1-4H3,(H,35,38);14,17,19,22-23,25-27H,5-13,15-16,30H2,1-4H3/t17-,19+,22-,23-,25-,26+,27-,29-,30-;17-,19+,22-,23-,25-,26+,27-,28-,29-/m00/s1. The number of amides is 1. The SMILES string of the molecule is CC1=C2C[C@H]3[C@@H](CC=C4CC(=O)CC[C@@]43C)[C@@H]2CC[C@]12O[C@@H]1C[C@H](C)CN(CCNC(=O)C(F)(F)F)[C@H]1[C@H]2C.CC1=C2C[C@H]3[C@@H](CCC4=CC(=O)CC[C@@]43C)[C@@H]2CC[C@]12O[C@@H]1C[C@H](C)CN(CCN)[C@H]1[C@H]2C. The molecule has 12 heteroatoms. The maximum atomic E-state index is 12.7. The first kappa shape index (κ1) is 51.5. The highest BCUT2D eigenvalue weighted by atomic mass is 19.4. The molecule has 0 unspecified atom stereocenters. The van der Waals surface area contributed by atoms with E-state index in [0.29, 0.717) is 84.5 Å². The highest BCUT2D eigenvalue weighted by Crippen LogP contribution is 2.67.